The number of rotatable bonds is 1. The maximum atomic E-state index is 11.2. The van der Waals surface area contributed by atoms with E-state index in [2.05, 4.69) is 0 Å². The van der Waals surface area contributed by atoms with Crippen molar-refractivity contribution in [2.45, 2.75) is 38.8 Å². The quantitative estimate of drug-likeness (QED) is 0.657. The second kappa shape index (κ2) is 3.21. The molecule has 2 atom stereocenters. The smallest absolute Gasteiger partial charge is 0.338 e. The zero-order valence-electron chi connectivity index (χ0n) is 8.94. The third-order valence-electron chi connectivity index (χ3n) is 2.56. The SMILES string of the molecule is CC1=C(O)[C@@H]([C@@H]2COC(C)(C)O2)OC1=O. The molecule has 0 saturated carbocycles. The van der Waals surface area contributed by atoms with Crippen LogP contribution in [0, 0.1) is 0 Å². The van der Waals surface area contributed by atoms with E-state index in [-0.39, 0.29) is 11.3 Å². The summed E-state index contributed by atoms with van der Waals surface area (Å²) in [5, 5.41) is 9.66. The van der Waals surface area contributed by atoms with E-state index in [0.29, 0.717) is 6.61 Å². The van der Waals surface area contributed by atoms with Crippen molar-refractivity contribution in [3.8, 4) is 0 Å². The Kier molecular flexibility index (Phi) is 2.24. The molecule has 84 valence electrons. The number of carbonyl (C=O) groups is 1. The average Bonchev–Trinajstić information content (AvgIpc) is 2.62. The van der Waals surface area contributed by atoms with E-state index < -0.39 is 24.0 Å². The third kappa shape index (κ3) is 1.72. The van der Waals surface area contributed by atoms with Gasteiger partial charge in [0, 0.05) is 0 Å². The summed E-state index contributed by atoms with van der Waals surface area (Å²) in [6, 6.07) is 0. The van der Waals surface area contributed by atoms with Crippen molar-refractivity contribution < 1.29 is 24.1 Å². The van der Waals surface area contributed by atoms with Gasteiger partial charge in [-0.2, -0.15) is 0 Å². The molecule has 15 heavy (non-hydrogen) atoms. The molecule has 0 aromatic heterocycles. The van der Waals surface area contributed by atoms with Crippen molar-refractivity contribution in [2.75, 3.05) is 6.61 Å². The zero-order chi connectivity index (χ0) is 11.2. The summed E-state index contributed by atoms with van der Waals surface area (Å²) < 4.78 is 15.8. The van der Waals surface area contributed by atoms with Crippen molar-refractivity contribution in [1.82, 2.24) is 0 Å². The highest BCUT2D eigenvalue weighted by molar-refractivity contribution is 5.91. The van der Waals surface area contributed by atoms with Crippen LogP contribution >= 0.6 is 0 Å². The van der Waals surface area contributed by atoms with Crippen LogP contribution < -0.4 is 0 Å². The van der Waals surface area contributed by atoms with E-state index in [4.69, 9.17) is 14.2 Å². The second-order valence-corrected chi connectivity index (χ2v) is 4.20. The topological polar surface area (TPSA) is 65.0 Å². The Balaban J connectivity index is 2.12. The molecule has 2 heterocycles. The number of esters is 1. The molecular weight excluding hydrogens is 200 g/mol. The second-order valence-electron chi connectivity index (χ2n) is 4.20. The molecule has 5 nitrogen and oxygen atoms in total. The minimum atomic E-state index is -0.723. The highest BCUT2D eigenvalue weighted by atomic mass is 16.8. The monoisotopic (exact) mass is 214 g/mol. The largest absolute Gasteiger partial charge is 0.508 e. The van der Waals surface area contributed by atoms with E-state index in [1.165, 1.54) is 6.92 Å². The van der Waals surface area contributed by atoms with Gasteiger partial charge in [-0.15, -0.1) is 0 Å². The van der Waals surface area contributed by atoms with E-state index in [9.17, 15) is 9.90 Å². The predicted octanol–water partition coefficient (Wildman–Crippen LogP) is 0.895. The number of hydrogen-bond acceptors (Lipinski definition) is 5. The Morgan fingerprint density at radius 3 is 2.53 bits per heavy atom. The molecule has 2 aliphatic rings. The molecule has 1 saturated heterocycles. The third-order valence-corrected chi connectivity index (χ3v) is 2.56. The maximum absolute atomic E-state index is 11.2. The van der Waals surface area contributed by atoms with Crippen LogP contribution in [0.2, 0.25) is 0 Å². The summed E-state index contributed by atoms with van der Waals surface area (Å²) in [7, 11) is 0. The lowest BCUT2D eigenvalue weighted by Gasteiger charge is -2.20. The van der Waals surface area contributed by atoms with Crippen molar-refractivity contribution in [2.24, 2.45) is 0 Å². The van der Waals surface area contributed by atoms with Crippen LogP contribution in [0.25, 0.3) is 0 Å². The minimum Gasteiger partial charge on any atom is -0.508 e. The first-order chi connectivity index (χ1) is 6.91. The number of aliphatic hydroxyl groups is 1. The molecule has 0 amide bonds. The first kappa shape index (κ1) is 10.4. The first-order valence-corrected chi connectivity index (χ1v) is 4.83. The Bertz CT molecular complexity index is 331. The molecule has 0 bridgehead atoms. The van der Waals surface area contributed by atoms with Gasteiger partial charge in [0.1, 0.15) is 11.9 Å². The standard InChI is InChI=1S/C10H14O5/c1-5-7(11)8(14-9(5)12)6-4-13-10(2,3)15-6/h6,8,11H,4H2,1-3H3/t6-,8+/m0/s1. The molecule has 1 N–H and O–H groups in total. The molecule has 5 heteroatoms. The van der Waals surface area contributed by atoms with Crippen LogP contribution in [0.1, 0.15) is 20.8 Å². The number of carbonyl (C=O) groups excluding carboxylic acids is 1. The van der Waals surface area contributed by atoms with Crippen LogP contribution in [0.3, 0.4) is 0 Å². The van der Waals surface area contributed by atoms with E-state index in [1.54, 1.807) is 13.8 Å². The summed E-state index contributed by atoms with van der Waals surface area (Å²) in [5.41, 5.74) is 0.244. The summed E-state index contributed by atoms with van der Waals surface area (Å²) in [6.07, 6.45) is -1.15. The Morgan fingerprint density at radius 2 is 2.13 bits per heavy atom. The van der Waals surface area contributed by atoms with Crippen molar-refractivity contribution in [1.29, 1.82) is 0 Å². The Labute approximate surface area is 87.6 Å². The molecule has 0 unspecified atom stereocenters. The van der Waals surface area contributed by atoms with Gasteiger partial charge >= 0.3 is 5.97 Å². The number of cyclic esters (lactones) is 1. The molecule has 0 aliphatic carbocycles. The van der Waals surface area contributed by atoms with Gasteiger partial charge in [-0.3, -0.25) is 0 Å². The van der Waals surface area contributed by atoms with Gasteiger partial charge in [-0.1, -0.05) is 0 Å². The summed E-state index contributed by atoms with van der Waals surface area (Å²) in [4.78, 5) is 11.2. The van der Waals surface area contributed by atoms with E-state index >= 15 is 0 Å². The predicted molar refractivity (Wildman–Crippen MR) is 50.1 cm³/mol. The lowest BCUT2D eigenvalue weighted by atomic mass is 10.1. The molecule has 0 spiro atoms. The Morgan fingerprint density at radius 1 is 1.47 bits per heavy atom. The van der Waals surface area contributed by atoms with E-state index in [1.807, 2.05) is 0 Å². The van der Waals surface area contributed by atoms with Gasteiger partial charge in [-0.25, -0.2) is 4.79 Å². The lowest BCUT2D eigenvalue weighted by molar-refractivity contribution is -0.162. The van der Waals surface area contributed by atoms with Crippen LogP contribution in [0.4, 0.5) is 0 Å². The van der Waals surface area contributed by atoms with E-state index in [0.717, 1.165) is 0 Å². The van der Waals surface area contributed by atoms with Crippen LogP contribution in [-0.4, -0.2) is 35.7 Å². The van der Waals surface area contributed by atoms with Crippen LogP contribution in [0.5, 0.6) is 0 Å². The number of hydrogen-bond donors (Lipinski definition) is 1. The van der Waals surface area contributed by atoms with Gasteiger partial charge < -0.3 is 19.3 Å². The van der Waals surface area contributed by atoms with Crippen LogP contribution in [-0.2, 0) is 19.0 Å². The number of aliphatic hydroxyl groups excluding tert-OH is 1. The molecule has 0 aromatic carbocycles. The Hall–Kier alpha value is -1.07. The van der Waals surface area contributed by atoms with Crippen molar-refractivity contribution >= 4 is 5.97 Å². The van der Waals surface area contributed by atoms with Crippen LogP contribution in [0.15, 0.2) is 11.3 Å². The highest BCUT2D eigenvalue weighted by Crippen LogP contribution is 2.31. The molecule has 0 aromatic rings. The first-order valence-electron chi connectivity index (χ1n) is 4.83. The van der Waals surface area contributed by atoms with Gasteiger partial charge in [0.2, 0.25) is 0 Å². The molecule has 2 aliphatic heterocycles. The van der Waals surface area contributed by atoms with Gasteiger partial charge in [0.15, 0.2) is 11.9 Å². The molecule has 1 fully saturated rings. The average molecular weight is 214 g/mol. The van der Waals surface area contributed by atoms with Gasteiger partial charge in [-0.05, 0) is 20.8 Å². The molecular formula is C10H14O5. The maximum Gasteiger partial charge on any atom is 0.338 e. The lowest BCUT2D eigenvalue weighted by Crippen LogP contribution is -2.32. The summed E-state index contributed by atoms with van der Waals surface area (Å²) in [5.74, 6) is -1.23. The highest BCUT2D eigenvalue weighted by Gasteiger charge is 2.44. The fraction of sp³-hybridized carbons (Fsp3) is 0.700. The van der Waals surface area contributed by atoms with Crippen molar-refractivity contribution in [3.05, 3.63) is 11.3 Å². The fourth-order valence-corrected chi connectivity index (χ4v) is 1.69. The normalized spacial score (nSPS) is 34.7. The minimum absolute atomic E-state index is 0.0497. The fourth-order valence-electron chi connectivity index (χ4n) is 1.69. The zero-order valence-corrected chi connectivity index (χ0v) is 8.94. The van der Waals surface area contributed by atoms with Gasteiger partial charge in [0.05, 0.1) is 12.2 Å². The van der Waals surface area contributed by atoms with Crippen molar-refractivity contribution in [3.63, 3.8) is 0 Å². The summed E-state index contributed by atoms with van der Waals surface area (Å²) in [6.45, 7) is 5.38. The number of ether oxygens (including phenoxy) is 3. The summed E-state index contributed by atoms with van der Waals surface area (Å²) >= 11 is 0. The van der Waals surface area contributed by atoms with Gasteiger partial charge in [0.25, 0.3) is 0 Å². The molecule has 2 rings (SSSR count). The molecule has 0 radical (unpaired) electrons.